The standard InChI is InChI=1S/C30H32N4O5S/c1-30(2,3)39-28(36)33-15-13-19(14-16-33)24-18-40-27(31-24)32-25(35)17-34(29(37)38-4)26-22-11-7-5-9-20(22)21-10-6-8-12-23(21)26/h5-13,18,26H,14-17H2,1-4H3,(H,31,32,35). The molecule has 0 atom stereocenters. The maximum atomic E-state index is 13.2. The SMILES string of the molecule is COC(=O)N(CC(=O)Nc1nc(C2=CCN(C(=O)OC(C)(C)C)CC2)cs1)C1c2ccccc2-c2ccccc21. The van der Waals surface area contributed by atoms with Gasteiger partial charge in [-0.15, -0.1) is 11.3 Å². The largest absolute Gasteiger partial charge is 0.453 e. The second-order valence-electron chi connectivity index (χ2n) is 10.7. The molecule has 0 spiro atoms. The van der Waals surface area contributed by atoms with Gasteiger partial charge in [0.1, 0.15) is 12.1 Å². The van der Waals surface area contributed by atoms with Gasteiger partial charge in [-0.1, -0.05) is 54.6 Å². The molecule has 1 N–H and O–H groups in total. The fourth-order valence-electron chi connectivity index (χ4n) is 5.03. The smallest absolute Gasteiger partial charge is 0.410 e. The number of carbonyl (C=O) groups excluding carboxylic acids is 3. The topological polar surface area (TPSA) is 101 Å². The summed E-state index contributed by atoms with van der Waals surface area (Å²) >= 11 is 1.31. The molecular weight excluding hydrogens is 528 g/mol. The van der Waals surface area contributed by atoms with Gasteiger partial charge in [-0.05, 0) is 55.0 Å². The summed E-state index contributed by atoms with van der Waals surface area (Å²) in [5.74, 6) is -0.373. The number of thiazole rings is 1. The van der Waals surface area contributed by atoms with Gasteiger partial charge in [0.05, 0.1) is 18.8 Å². The van der Waals surface area contributed by atoms with Crippen LogP contribution in [0.25, 0.3) is 16.7 Å². The molecule has 2 aromatic carbocycles. The average Bonchev–Trinajstić information content (AvgIpc) is 3.53. The van der Waals surface area contributed by atoms with E-state index in [1.165, 1.54) is 23.3 Å². The highest BCUT2D eigenvalue weighted by atomic mass is 32.1. The summed E-state index contributed by atoms with van der Waals surface area (Å²) in [6.45, 7) is 6.29. The van der Waals surface area contributed by atoms with Crippen molar-refractivity contribution in [1.29, 1.82) is 0 Å². The van der Waals surface area contributed by atoms with E-state index in [1.807, 2.05) is 80.8 Å². The van der Waals surface area contributed by atoms with Crippen molar-refractivity contribution >= 4 is 40.1 Å². The maximum Gasteiger partial charge on any atom is 0.410 e. The molecule has 1 aromatic heterocycles. The van der Waals surface area contributed by atoms with Gasteiger partial charge in [0, 0.05) is 18.5 Å². The number of rotatable bonds is 5. The second kappa shape index (κ2) is 11.1. The number of nitrogens with one attached hydrogen (secondary N) is 1. The van der Waals surface area contributed by atoms with Crippen molar-refractivity contribution in [3.8, 4) is 11.1 Å². The highest BCUT2D eigenvalue weighted by Gasteiger charge is 2.37. The average molecular weight is 561 g/mol. The van der Waals surface area contributed by atoms with Gasteiger partial charge in [0.2, 0.25) is 5.91 Å². The highest BCUT2D eigenvalue weighted by molar-refractivity contribution is 7.14. The van der Waals surface area contributed by atoms with Crippen LogP contribution in [0.4, 0.5) is 14.7 Å². The number of hydrogen-bond acceptors (Lipinski definition) is 7. The van der Waals surface area contributed by atoms with Crippen LogP contribution in [-0.4, -0.2) is 65.2 Å². The van der Waals surface area contributed by atoms with E-state index in [2.05, 4.69) is 10.3 Å². The van der Waals surface area contributed by atoms with E-state index < -0.39 is 17.7 Å². The first-order valence-electron chi connectivity index (χ1n) is 13.1. The Kier molecular flexibility index (Phi) is 7.62. The van der Waals surface area contributed by atoms with E-state index in [9.17, 15) is 14.4 Å². The van der Waals surface area contributed by atoms with Crippen LogP contribution in [0.3, 0.4) is 0 Å². The Balaban J connectivity index is 1.27. The number of ether oxygens (including phenoxy) is 2. The summed E-state index contributed by atoms with van der Waals surface area (Å²) in [5, 5.41) is 5.16. The molecule has 0 radical (unpaired) electrons. The lowest BCUT2D eigenvalue weighted by molar-refractivity contribution is -0.117. The number of nitrogens with zero attached hydrogens (tertiary/aromatic N) is 3. The van der Waals surface area contributed by atoms with Crippen LogP contribution in [0.15, 0.2) is 60.0 Å². The van der Waals surface area contributed by atoms with Crippen molar-refractivity contribution < 1.29 is 23.9 Å². The molecule has 0 fully saturated rings. The number of methoxy groups -OCH3 is 1. The number of fused-ring (bicyclic) bond motifs is 3. The minimum atomic E-state index is -0.589. The maximum absolute atomic E-state index is 13.2. The van der Waals surface area contributed by atoms with E-state index in [1.54, 1.807) is 4.90 Å². The van der Waals surface area contributed by atoms with Crippen LogP contribution in [0.2, 0.25) is 0 Å². The molecule has 2 aliphatic rings. The van der Waals surface area contributed by atoms with Crippen molar-refractivity contribution in [2.24, 2.45) is 0 Å². The molecule has 208 valence electrons. The summed E-state index contributed by atoms with van der Waals surface area (Å²) in [6.07, 6.45) is 1.67. The fraction of sp³-hybridized carbons (Fsp3) is 0.333. The Morgan fingerprint density at radius 2 is 1.73 bits per heavy atom. The lowest BCUT2D eigenvalue weighted by atomic mass is 10.0. The van der Waals surface area contributed by atoms with Crippen molar-refractivity contribution in [3.05, 3.63) is 76.8 Å². The zero-order valence-corrected chi connectivity index (χ0v) is 23.8. The van der Waals surface area contributed by atoms with Crippen molar-refractivity contribution in [2.75, 3.05) is 32.1 Å². The zero-order valence-electron chi connectivity index (χ0n) is 23.0. The molecule has 3 amide bonds. The molecule has 40 heavy (non-hydrogen) atoms. The molecule has 1 aliphatic carbocycles. The summed E-state index contributed by atoms with van der Waals surface area (Å²) in [7, 11) is 1.31. The quantitative estimate of drug-likeness (QED) is 0.414. The van der Waals surface area contributed by atoms with Crippen LogP contribution >= 0.6 is 11.3 Å². The lowest BCUT2D eigenvalue weighted by Crippen LogP contribution is -2.40. The number of hydrogen-bond donors (Lipinski definition) is 1. The lowest BCUT2D eigenvalue weighted by Gasteiger charge is -2.29. The van der Waals surface area contributed by atoms with E-state index >= 15 is 0 Å². The fourth-order valence-corrected chi connectivity index (χ4v) is 5.78. The Morgan fingerprint density at radius 3 is 2.30 bits per heavy atom. The van der Waals surface area contributed by atoms with Crippen LogP contribution in [0.5, 0.6) is 0 Å². The minimum Gasteiger partial charge on any atom is -0.453 e. The predicted octanol–water partition coefficient (Wildman–Crippen LogP) is 5.94. The normalized spacial score (nSPS) is 14.6. The molecule has 0 saturated carbocycles. The molecule has 0 unspecified atom stereocenters. The van der Waals surface area contributed by atoms with Crippen LogP contribution < -0.4 is 5.32 Å². The van der Waals surface area contributed by atoms with E-state index in [-0.39, 0.29) is 18.5 Å². The number of benzene rings is 2. The molecule has 0 bridgehead atoms. The molecule has 10 heteroatoms. The number of amides is 3. The Morgan fingerprint density at radius 1 is 1.07 bits per heavy atom. The third-order valence-corrected chi connectivity index (χ3v) is 7.53. The molecule has 3 aromatic rings. The number of anilines is 1. The van der Waals surface area contributed by atoms with E-state index in [4.69, 9.17) is 9.47 Å². The van der Waals surface area contributed by atoms with Crippen molar-refractivity contribution in [3.63, 3.8) is 0 Å². The molecule has 2 heterocycles. The van der Waals surface area contributed by atoms with Gasteiger partial charge < -0.3 is 19.7 Å². The Hall–Kier alpha value is -4.18. The predicted molar refractivity (Wildman–Crippen MR) is 154 cm³/mol. The third-order valence-electron chi connectivity index (χ3n) is 6.78. The van der Waals surface area contributed by atoms with Gasteiger partial charge in [0.15, 0.2) is 5.13 Å². The monoisotopic (exact) mass is 560 g/mol. The van der Waals surface area contributed by atoms with Crippen LogP contribution in [-0.2, 0) is 14.3 Å². The second-order valence-corrected chi connectivity index (χ2v) is 11.5. The molecule has 0 saturated heterocycles. The Labute approximate surface area is 237 Å². The van der Waals surface area contributed by atoms with Crippen LogP contribution in [0, 0.1) is 0 Å². The minimum absolute atomic E-state index is 0.206. The summed E-state index contributed by atoms with van der Waals surface area (Å²) in [5.41, 5.74) is 5.18. The first kappa shape index (κ1) is 27.4. The third kappa shape index (κ3) is 5.72. The van der Waals surface area contributed by atoms with Gasteiger partial charge in [0.25, 0.3) is 0 Å². The summed E-state index contributed by atoms with van der Waals surface area (Å²) < 4.78 is 10.5. The van der Waals surface area contributed by atoms with E-state index in [0.29, 0.717) is 24.6 Å². The summed E-state index contributed by atoms with van der Waals surface area (Å²) in [6, 6.07) is 15.3. The van der Waals surface area contributed by atoms with Gasteiger partial charge in [-0.25, -0.2) is 14.6 Å². The molecule has 5 rings (SSSR count). The van der Waals surface area contributed by atoms with Gasteiger partial charge >= 0.3 is 12.2 Å². The van der Waals surface area contributed by atoms with Crippen LogP contribution in [0.1, 0.15) is 50.1 Å². The summed E-state index contributed by atoms with van der Waals surface area (Å²) in [4.78, 5) is 46.2. The first-order valence-corrected chi connectivity index (χ1v) is 14.0. The molecule has 1 aliphatic heterocycles. The number of aromatic nitrogens is 1. The van der Waals surface area contributed by atoms with Gasteiger partial charge in [-0.3, -0.25) is 9.69 Å². The van der Waals surface area contributed by atoms with E-state index in [0.717, 1.165) is 33.5 Å². The first-order chi connectivity index (χ1) is 19.1. The van der Waals surface area contributed by atoms with Crippen molar-refractivity contribution in [2.45, 2.75) is 38.8 Å². The zero-order chi connectivity index (χ0) is 28.4. The number of carbonyl (C=O) groups is 3. The van der Waals surface area contributed by atoms with Gasteiger partial charge in [-0.2, -0.15) is 0 Å². The highest BCUT2D eigenvalue weighted by Crippen LogP contribution is 2.46. The molecule has 9 nitrogen and oxygen atoms in total. The van der Waals surface area contributed by atoms with Crippen molar-refractivity contribution in [1.82, 2.24) is 14.8 Å². The molecular formula is C30H32N4O5S. The Bertz CT molecular complexity index is 1430.